The number of rotatable bonds is 1. The van der Waals surface area contributed by atoms with E-state index in [1.54, 1.807) is 6.07 Å². The summed E-state index contributed by atoms with van der Waals surface area (Å²) in [5.74, 6) is 0. The molecule has 2 nitrogen and oxygen atoms in total. The highest BCUT2D eigenvalue weighted by atomic mass is 35.5. The Hall–Kier alpha value is -0.440. The van der Waals surface area contributed by atoms with Crippen LogP contribution in [0, 0.1) is 0 Å². The van der Waals surface area contributed by atoms with Crippen molar-refractivity contribution in [2.24, 2.45) is 0 Å². The molecule has 1 aliphatic rings. The van der Waals surface area contributed by atoms with Gasteiger partial charge in [0.2, 0.25) is 0 Å². The second-order valence-corrected chi connectivity index (χ2v) is 4.29. The minimum atomic E-state index is 0.697. The van der Waals surface area contributed by atoms with Crippen LogP contribution in [0.4, 0.5) is 5.69 Å². The minimum Gasteiger partial charge on any atom is -0.359 e. The van der Waals surface area contributed by atoms with Crippen LogP contribution in [0.3, 0.4) is 0 Å². The molecular formula is C10H13Cl2N2+. The summed E-state index contributed by atoms with van der Waals surface area (Å²) in [6, 6.07) is 5.69. The molecule has 0 unspecified atom stereocenters. The molecule has 0 saturated carbocycles. The van der Waals surface area contributed by atoms with Crippen LogP contribution in [-0.2, 0) is 0 Å². The van der Waals surface area contributed by atoms with E-state index >= 15 is 0 Å². The Morgan fingerprint density at radius 1 is 1.14 bits per heavy atom. The molecule has 0 bridgehead atoms. The van der Waals surface area contributed by atoms with Crippen LogP contribution in [-0.4, -0.2) is 26.2 Å². The van der Waals surface area contributed by atoms with Gasteiger partial charge in [0.1, 0.15) is 0 Å². The van der Waals surface area contributed by atoms with Gasteiger partial charge in [-0.05, 0) is 18.2 Å². The third-order valence-electron chi connectivity index (χ3n) is 2.46. The fraction of sp³-hybridized carbons (Fsp3) is 0.400. The molecule has 1 aromatic carbocycles. The average Bonchev–Trinajstić information content (AvgIpc) is 2.19. The van der Waals surface area contributed by atoms with E-state index in [1.807, 2.05) is 12.1 Å². The normalized spacial score (nSPS) is 17.1. The summed E-state index contributed by atoms with van der Waals surface area (Å²) in [6.07, 6.45) is 0. The number of nitrogens with zero attached hydrogens (tertiary/aromatic N) is 1. The van der Waals surface area contributed by atoms with Gasteiger partial charge in [-0.25, -0.2) is 0 Å². The third-order valence-corrected chi connectivity index (χ3v) is 2.99. The number of piperazine rings is 1. The zero-order chi connectivity index (χ0) is 9.97. The van der Waals surface area contributed by atoms with Crippen molar-refractivity contribution in [3.8, 4) is 0 Å². The fourth-order valence-electron chi connectivity index (χ4n) is 1.73. The first-order valence-corrected chi connectivity index (χ1v) is 5.54. The van der Waals surface area contributed by atoms with Gasteiger partial charge in [-0.15, -0.1) is 0 Å². The summed E-state index contributed by atoms with van der Waals surface area (Å²) < 4.78 is 0. The van der Waals surface area contributed by atoms with Gasteiger partial charge in [0, 0.05) is 5.02 Å². The van der Waals surface area contributed by atoms with E-state index in [-0.39, 0.29) is 0 Å². The molecule has 0 aromatic heterocycles. The molecule has 14 heavy (non-hydrogen) atoms. The Bertz CT molecular complexity index is 322. The zero-order valence-electron chi connectivity index (χ0n) is 7.84. The number of nitrogens with two attached hydrogens (primary N) is 1. The molecule has 4 heteroatoms. The van der Waals surface area contributed by atoms with E-state index < -0.39 is 0 Å². The molecule has 2 N–H and O–H groups in total. The van der Waals surface area contributed by atoms with Crippen molar-refractivity contribution in [2.75, 3.05) is 31.1 Å². The van der Waals surface area contributed by atoms with E-state index in [0.717, 1.165) is 36.9 Å². The van der Waals surface area contributed by atoms with Crippen LogP contribution in [0.15, 0.2) is 18.2 Å². The summed E-state index contributed by atoms with van der Waals surface area (Å²) >= 11 is 12.0. The predicted molar refractivity (Wildman–Crippen MR) is 60.3 cm³/mol. The van der Waals surface area contributed by atoms with Crippen molar-refractivity contribution in [1.29, 1.82) is 0 Å². The largest absolute Gasteiger partial charge is 0.359 e. The van der Waals surface area contributed by atoms with Gasteiger partial charge in [-0.2, -0.15) is 0 Å². The third kappa shape index (κ3) is 2.14. The van der Waals surface area contributed by atoms with E-state index in [1.165, 1.54) is 0 Å². The lowest BCUT2D eigenvalue weighted by Crippen LogP contribution is -2.89. The summed E-state index contributed by atoms with van der Waals surface area (Å²) in [4.78, 5) is 2.30. The highest BCUT2D eigenvalue weighted by Gasteiger charge is 2.15. The first-order valence-electron chi connectivity index (χ1n) is 4.79. The van der Waals surface area contributed by atoms with Crippen molar-refractivity contribution in [3.63, 3.8) is 0 Å². The van der Waals surface area contributed by atoms with E-state index in [4.69, 9.17) is 23.2 Å². The fourth-order valence-corrected chi connectivity index (χ4v) is 2.26. The van der Waals surface area contributed by atoms with Crippen LogP contribution in [0.25, 0.3) is 0 Å². The van der Waals surface area contributed by atoms with Crippen molar-refractivity contribution in [1.82, 2.24) is 0 Å². The van der Waals surface area contributed by atoms with Crippen LogP contribution in [0.2, 0.25) is 10.0 Å². The maximum Gasteiger partial charge on any atom is 0.0934 e. The van der Waals surface area contributed by atoms with Gasteiger partial charge in [0.25, 0.3) is 0 Å². The van der Waals surface area contributed by atoms with Gasteiger partial charge >= 0.3 is 0 Å². The average molecular weight is 232 g/mol. The maximum atomic E-state index is 6.13. The van der Waals surface area contributed by atoms with Crippen molar-refractivity contribution < 1.29 is 5.32 Å². The van der Waals surface area contributed by atoms with Crippen molar-refractivity contribution in [3.05, 3.63) is 28.2 Å². The van der Waals surface area contributed by atoms with Crippen molar-refractivity contribution in [2.45, 2.75) is 0 Å². The first kappa shape index (κ1) is 10.1. The molecule has 1 fully saturated rings. The lowest BCUT2D eigenvalue weighted by molar-refractivity contribution is -0.655. The van der Waals surface area contributed by atoms with Gasteiger partial charge in [0.05, 0.1) is 36.9 Å². The zero-order valence-corrected chi connectivity index (χ0v) is 9.35. The van der Waals surface area contributed by atoms with Crippen molar-refractivity contribution >= 4 is 28.9 Å². The van der Waals surface area contributed by atoms with Crippen LogP contribution in [0.5, 0.6) is 0 Å². The van der Waals surface area contributed by atoms with Gasteiger partial charge in [0.15, 0.2) is 0 Å². The number of quaternary nitrogens is 1. The van der Waals surface area contributed by atoms with E-state index in [2.05, 4.69) is 10.2 Å². The quantitative estimate of drug-likeness (QED) is 0.775. The van der Waals surface area contributed by atoms with Crippen LogP contribution in [0.1, 0.15) is 0 Å². The molecule has 0 spiro atoms. The molecule has 0 aliphatic carbocycles. The number of benzene rings is 1. The molecule has 1 aromatic rings. The SMILES string of the molecule is Clc1ccc(N2CC[NH2+]CC2)c(Cl)c1. The summed E-state index contributed by atoms with van der Waals surface area (Å²) in [7, 11) is 0. The second-order valence-electron chi connectivity index (χ2n) is 3.45. The summed E-state index contributed by atoms with van der Waals surface area (Å²) in [5, 5.41) is 3.77. The number of hydrogen-bond donors (Lipinski definition) is 1. The van der Waals surface area contributed by atoms with Gasteiger partial charge < -0.3 is 10.2 Å². The van der Waals surface area contributed by atoms with E-state index in [9.17, 15) is 0 Å². The van der Waals surface area contributed by atoms with Gasteiger partial charge in [-0.3, -0.25) is 0 Å². The topological polar surface area (TPSA) is 19.9 Å². The smallest absolute Gasteiger partial charge is 0.0934 e. The molecule has 0 atom stereocenters. The Morgan fingerprint density at radius 2 is 1.86 bits per heavy atom. The standard InChI is InChI=1S/C10H12Cl2N2/c11-8-1-2-10(9(12)7-8)14-5-3-13-4-6-14/h1-2,7,13H,3-6H2/p+1. The molecule has 1 heterocycles. The molecule has 1 saturated heterocycles. The maximum absolute atomic E-state index is 6.13. The molecular weight excluding hydrogens is 219 g/mol. The lowest BCUT2D eigenvalue weighted by Gasteiger charge is -2.28. The first-order chi connectivity index (χ1) is 6.77. The Morgan fingerprint density at radius 3 is 2.50 bits per heavy atom. The highest BCUT2D eigenvalue weighted by Crippen LogP contribution is 2.28. The van der Waals surface area contributed by atoms with Gasteiger partial charge in [-0.1, -0.05) is 23.2 Å². The number of hydrogen-bond acceptors (Lipinski definition) is 1. The highest BCUT2D eigenvalue weighted by molar-refractivity contribution is 6.36. The number of anilines is 1. The Balaban J connectivity index is 2.22. The molecule has 2 rings (SSSR count). The molecule has 0 amide bonds. The number of halogens is 2. The molecule has 76 valence electrons. The van der Waals surface area contributed by atoms with Crippen LogP contribution < -0.4 is 10.2 Å². The monoisotopic (exact) mass is 231 g/mol. The Kier molecular flexibility index (Phi) is 3.16. The summed E-state index contributed by atoms with van der Waals surface area (Å²) in [5.41, 5.74) is 1.10. The predicted octanol–water partition coefficient (Wildman–Crippen LogP) is 1.38. The summed E-state index contributed by atoms with van der Waals surface area (Å²) in [6.45, 7) is 4.39. The second kappa shape index (κ2) is 4.39. The lowest BCUT2D eigenvalue weighted by atomic mass is 10.2. The molecule has 0 radical (unpaired) electrons. The minimum absolute atomic E-state index is 0.697. The van der Waals surface area contributed by atoms with Crippen LogP contribution >= 0.6 is 23.2 Å². The van der Waals surface area contributed by atoms with E-state index in [0.29, 0.717) is 5.02 Å². The Labute approximate surface area is 93.8 Å². The molecule has 1 aliphatic heterocycles.